The molecular formula is C5H13O5P. The van der Waals surface area contributed by atoms with E-state index in [-0.39, 0.29) is 6.61 Å². The molecule has 0 aromatic carbocycles. The van der Waals surface area contributed by atoms with Gasteiger partial charge < -0.3 is 19.3 Å². The number of hydrogen-bond acceptors (Lipinski definition) is 3. The molecule has 0 saturated heterocycles. The second kappa shape index (κ2) is 5.69. The molecule has 68 valence electrons. The molecule has 0 aromatic heterocycles. The van der Waals surface area contributed by atoms with Gasteiger partial charge in [0.25, 0.3) is 0 Å². The Hall–Kier alpha value is 0.0700. The van der Waals surface area contributed by atoms with Gasteiger partial charge in [-0.2, -0.15) is 0 Å². The molecule has 2 N–H and O–H groups in total. The standard InChI is InChI=1S/C5H13O5P/c1-2-9-3-4-10-5-11(6,7)8/h2-5H2,1H3,(H2,6,7,8). The highest BCUT2D eigenvalue weighted by Gasteiger charge is 2.11. The summed E-state index contributed by atoms with van der Waals surface area (Å²) >= 11 is 0. The largest absolute Gasteiger partial charge is 0.379 e. The summed E-state index contributed by atoms with van der Waals surface area (Å²) in [6, 6.07) is 0. The molecule has 0 fully saturated rings. The minimum absolute atomic E-state index is 0.221. The van der Waals surface area contributed by atoms with Crippen LogP contribution in [0.5, 0.6) is 0 Å². The van der Waals surface area contributed by atoms with Gasteiger partial charge in [0.05, 0.1) is 13.2 Å². The van der Waals surface area contributed by atoms with E-state index in [9.17, 15) is 4.57 Å². The molecule has 0 heterocycles. The molecule has 0 amide bonds. The molecule has 0 aromatic rings. The van der Waals surface area contributed by atoms with E-state index in [1.807, 2.05) is 6.92 Å². The van der Waals surface area contributed by atoms with E-state index in [4.69, 9.17) is 14.5 Å². The van der Waals surface area contributed by atoms with Gasteiger partial charge in [-0.3, -0.25) is 4.57 Å². The quantitative estimate of drug-likeness (QED) is 0.454. The van der Waals surface area contributed by atoms with Gasteiger partial charge in [-0.15, -0.1) is 0 Å². The number of ether oxygens (including phenoxy) is 2. The van der Waals surface area contributed by atoms with Gasteiger partial charge in [0.2, 0.25) is 0 Å². The summed E-state index contributed by atoms with van der Waals surface area (Å²) in [5, 5.41) is 0. The van der Waals surface area contributed by atoms with Crippen molar-refractivity contribution >= 4 is 7.60 Å². The SMILES string of the molecule is CCOCCOCP(=O)(O)O. The first-order valence-electron chi connectivity index (χ1n) is 3.26. The van der Waals surface area contributed by atoms with E-state index in [0.29, 0.717) is 13.2 Å². The fraction of sp³-hybridized carbons (Fsp3) is 1.00. The van der Waals surface area contributed by atoms with E-state index >= 15 is 0 Å². The maximum absolute atomic E-state index is 10.2. The van der Waals surface area contributed by atoms with Crippen molar-refractivity contribution in [1.29, 1.82) is 0 Å². The van der Waals surface area contributed by atoms with Crippen molar-refractivity contribution in [2.75, 3.05) is 26.2 Å². The monoisotopic (exact) mass is 184 g/mol. The van der Waals surface area contributed by atoms with Crippen LogP contribution in [0.15, 0.2) is 0 Å². The van der Waals surface area contributed by atoms with Gasteiger partial charge >= 0.3 is 7.60 Å². The lowest BCUT2D eigenvalue weighted by Crippen LogP contribution is -2.04. The van der Waals surface area contributed by atoms with Crippen molar-refractivity contribution in [1.82, 2.24) is 0 Å². The van der Waals surface area contributed by atoms with Crippen molar-refractivity contribution in [3.05, 3.63) is 0 Å². The van der Waals surface area contributed by atoms with Crippen LogP contribution in [-0.4, -0.2) is 36.0 Å². The minimum atomic E-state index is -3.99. The molecule has 0 aliphatic heterocycles. The predicted molar refractivity (Wildman–Crippen MR) is 39.4 cm³/mol. The van der Waals surface area contributed by atoms with Crippen LogP contribution in [0.3, 0.4) is 0 Å². The Morgan fingerprint density at radius 3 is 2.27 bits per heavy atom. The molecule has 0 atom stereocenters. The van der Waals surface area contributed by atoms with Gasteiger partial charge in [0, 0.05) is 6.61 Å². The molecule has 0 aliphatic rings. The Balaban J connectivity index is 3.09. The molecule has 0 unspecified atom stereocenters. The summed E-state index contributed by atoms with van der Waals surface area (Å²) < 4.78 is 19.7. The molecule has 0 aliphatic carbocycles. The van der Waals surface area contributed by atoms with Crippen LogP contribution in [0.4, 0.5) is 0 Å². The molecule has 11 heavy (non-hydrogen) atoms. The summed E-state index contributed by atoms with van der Waals surface area (Å²) in [5.74, 6) is 0. The highest BCUT2D eigenvalue weighted by molar-refractivity contribution is 7.51. The zero-order valence-electron chi connectivity index (χ0n) is 6.39. The Kier molecular flexibility index (Phi) is 5.72. The summed E-state index contributed by atoms with van der Waals surface area (Å²) in [6.07, 6.45) is -0.528. The zero-order valence-corrected chi connectivity index (χ0v) is 7.29. The summed E-state index contributed by atoms with van der Waals surface area (Å²) in [4.78, 5) is 16.6. The first-order chi connectivity index (χ1) is 5.06. The number of rotatable bonds is 6. The fourth-order valence-corrected chi connectivity index (χ4v) is 0.813. The highest BCUT2D eigenvalue weighted by atomic mass is 31.2. The first kappa shape index (κ1) is 11.1. The normalized spacial score (nSPS) is 11.9. The zero-order chi connectivity index (χ0) is 8.74. The van der Waals surface area contributed by atoms with Crippen molar-refractivity contribution in [2.45, 2.75) is 6.92 Å². The Morgan fingerprint density at radius 1 is 1.27 bits per heavy atom. The lowest BCUT2D eigenvalue weighted by atomic mass is 10.7. The van der Waals surface area contributed by atoms with E-state index in [1.54, 1.807) is 0 Å². The Labute approximate surface area is 65.5 Å². The second-order valence-electron chi connectivity index (χ2n) is 1.90. The third-order valence-electron chi connectivity index (χ3n) is 0.836. The molecule has 6 heteroatoms. The van der Waals surface area contributed by atoms with Crippen LogP contribution in [0.25, 0.3) is 0 Å². The second-order valence-corrected chi connectivity index (χ2v) is 3.49. The Bertz CT molecular complexity index is 131. The fourth-order valence-electron chi connectivity index (χ4n) is 0.446. The molecular weight excluding hydrogens is 171 g/mol. The predicted octanol–water partition coefficient (Wildman–Crippen LogP) is 0.175. The van der Waals surface area contributed by atoms with Gasteiger partial charge in [0.1, 0.15) is 6.35 Å². The van der Waals surface area contributed by atoms with Crippen LogP contribution >= 0.6 is 7.60 Å². The molecule has 0 rings (SSSR count). The molecule has 0 radical (unpaired) electrons. The average Bonchev–Trinajstić information content (AvgIpc) is 1.85. The summed E-state index contributed by atoms with van der Waals surface area (Å²) in [7, 11) is -3.99. The van der Waals surface area contributed by atoms with E-state index in [1.165, 1.54) is 0 Å². The van der Waals surface area contributed by atoms with Crippen molar-refractivity contribution in [3.63, 3.8) is 0 Å². The maximum atomic E-state index is 10.2. The van der Waals surface area contributed by atoms with Gasteiger partial charge in [-0.25, -0.2) is 0 Å². The van der Waals surface area contributed by atoms with Crippen molar-refractivity contribution in [3.8, 4) is 0 Å². The minimum Gasteiger partial charge on any atom is -0.379 e. The van der Waals surface area contributed by atoms with Gasteiger partial charge in [0.15, 0.2) is 0 Å². The van der Waals surface area contributed by atoms with E-state index in [2.05, 4.69) is 4.74 Å². The Morgan fingerprint density at radius 2 is 1.82 bits per heavy atom. The van der Waals surface area contributed by atoms with Crippen LogP contribution < -0.4 is 0 Å². The van der Waals surface area contributed by atoms with Crippen molar-refractivity contribution < 1.29 is 23.8 Å². The summed E-state index contributed by atoms with van der Waals surface area (Å²) in [6.45, 7) is 3.01. The van der Waals surface area contributed by atoms with Crippen LogP contribution in [0, 0.1) is 0 Å². The molecule has 0 bridgehead atoms. The lowest BCUT2D eigenvalue weighted by molar-refractivity contribution is 0.0650. The molecule has 0 spiro atoms. The molecule has 0 saturated carbocycles. The third-order valence-corrected chi connectivity index (χ3v) is 1.35. The smallest absolute Gasteiger partial charge is 0.350 e. The van der Waals surface area contributed by atoms with Gasteiger partial charge in [-0.1, -0.05) is 0 Å². The molecule has 5 nitrogen and oxygen atoms in total. The van der Waals surface area contributed by atoms with Gasteiger partial charge in [-0.05, 0) is 6.92 Å². The lowest BCUT2D eigenvalue weighted by Gasteiger charge is -2.04. The first-order valence-corrected chi connectivity index (χ1v) is 5.06. The van der Waals surface area contributed by atoms with Crippen LogP contribution in [-0.2, 0) is 14.0 Å². The van der Waals surface area contributed by atoms with E-state index < -0.39 is 13.9 Å². The number of hydrogen-bond donors (Lipinski definition) is 2. The maximum Gasteiger partial charge on any atom is 0.350 e. The summed E-state index contributed by atoms with van der Waals surface area (Å²) in [5.41, 5.74) is 0. The van der Waals surface area contributed by atoms with Crippen LogP contribution in [0.2, 0.25) is 0 Å². The topological polar surface area (TPSA) is 76.0 Å². The van der Waals surface area contributed by atoms with E-state index in [0.717, 1.165) is 0 Å². The van der Waals surface area contributed by atoms with Crippen LogP contribution in [0.1, 0.15) is 6.92 Å². The highest BCUT2D eigenvalue weighted by Crippen LogP contribution is 2.33. The average molecular weight is 184 g/mol. The third kappa shape index (κ3) is 10.1. The van der Waals surface area contributed by atoms with Crippen molar-refractivity contribution in [2.24, 2.45) is 0 Å².